The predicted octanol–water partition coefficient (Wildman–Crippen LogP) is 1.84. The number of rotatable bonds is 7. The molecule has 2 heterocycles. The Balaban J connectivity index is 1.81. The average molecular weight is 278 g/mol. The molecule has 0 amide bonds. The van der Waals surface area contributed by atoms with Gasteiger partial charge in [-0.05, 0) is 43.9 Å². The van der Waals surface area contributed by atoms with Crippen LogP contribution >= 0.6 is 0 Å². The molecule has 5 nitrogen and oxygen atoms in total. The van der Waals surface area contributed by atoms with Crippen LogP contribution in [0.4, 0.5) is 5.82 Å². The highest BCUT2D eigenvalue weighted by Gasteiger charge is 2.16. The Bertz CT molecular complexity index is 376. The fourth-order valence-corrected chi connectivity index (χ4v) is 2.48. The van der Waals surface area contributed by atoms with Gasteiger partial charge in [-0.2, -0.15) is 5.10 Å². The van der Waals surface area contributed by atoms with Crippen LogP contribution in [-0.2, 0) is 11.3 Å². The summed E-state index contributed by atoms with van der Waals surface area (Å²) in [7, 11) is 2.08. The van der Waals surface area contributed by atoms with E-state index < -0.39 is 0 Å². The van der Waals surface area contributed by atoms with Crippen molar-refractivity contribution in [3.8, 4) is 0 Å². The van der Waals surface area contributed by atoms with Gasteiger partial charge in [-0.25, -0.2) is 0 Å². The minimum absolute atomic E-state index is 0.612. The summed E-state index contributed by atoms with van der Waals surface area (Å²) in [5, 5.41) is 11.9. The van der Waals surface area contributed by atoms with Gasteiger partial charge in [0.1, 0.15) is 0 Å². The van der Waals surface area contributed by atoms with Gasteiger partial charge in [-0.1, -0.05) is 6.92 Å². The lowest BCUT2D eigenvalue weighted by atomic mass is 10.0. The summed E-state index contributed by atoms with van der Waals surface area (Å²) in [5.41, 5.74) is 0.997. The third-order valence-corrected chi connectivity index (χ3v) is 3.62. The highest BCUT2D eigenvalue weighted by molar-refractivity contribution is 5.36. The van der Waals surface area contributed by atoms with E-state index in [0.29, 0.717) is 5.92 Å². The van der Waals surface area contributed by atoms with Crippen molar-refractivity contribution in [2.45, 2.75) is 32.7 Å². The smallest absolute Gasteiger partial charge is 0.150 e. The fourth-order valence-electron chi connectivity index (χ4n) is 2.48. The standard InChI is InChI=1S/C15H26N4O/c1-3-8-16-10-14-6-7-15(18-17-14)19(2)11-13-5-4-9-20-12-13/h6-7,13,16H,3-5,8-12H2,1-2H3. The fraction of sp³-hybridized carbons (Fsp3) is 0.733. The lowest BCUT2D eigenvalue weighted by molar-refractivity contribution is 0.0576. The van der Waals surface area contributed by atoms with Crippen molar-refractivity contribution in [3.63, 3.8) is 0 Å². The molecule has 1 aliphatic heterocycles. The molecule has 112 valence electrons. The summed E-state index contributed by atoms with van der Waals surface area (Å²) in [6, 6.07) is 4.11. The summed E-state index contributed by atoms with van der Waals surface area (Å²) in [5.74, 6) is 1.55. The van der Waals surface area contributed by atoms with Crippen LogP contribution in [0.25, 0.3) is 0 Å². The van der Waals surface area contributed by atoms with E-state index in [1.807, 2.05) is 0 Å². The number of aromatic nitrogens is 2. The van der Waals surface area contributed by atoms with Gasteiger partial charge in [0.2, 0.25) is 0 Å². The first kappa shape index (κ1) is 15.2. The van der Waals surface area contributed by atoms with Gasteiger partial charge in [-0.15, -0.1) is 5.10 Å². The molecule has 1 saturated heterocycles. The normalized spacial score (nSPS) is 19.0. The van der Waals surface area contributed by atoms with E-state index in [9.17, 15) is 0 Å². The molecular formula is C15H26N4O. The molecule has 0 aliphatic carbocycles. The molecule has 2 rings (SSSR count). The molecule has 1 fully saturated rings. The third-order valence-electron chi connectivity index (χ3n) is 3.62. The molecule has 1 atom stereocenters. The molecule has 1 aromatic rings. The Kier molecular flexibility index (Phi) is 6.21. The number of hydrogen-bond donors (Lipinski definition) is 1. The van der Waals surface area contributed by atoms with Gasteiger partial charge in [-0.3, -0.25) is 0 Å². The first-order valence-corrected chi connectivity index (χ1v) is 7.61. The SMILES string of the molecule is CCCNCc1ccc(N(C)CC2CCCOC2)nn1. The molecule has 20 heavy (non-hydrogen) atoms. The summed E-state index contributed by atoms with van der Waals surface area (Å²) < 4.78 is 5.52. The second kappa shape index (κ2) is 8.17. The highest BCUT2D eigenvalue weighted by atomic mass is 16.5. The number of hydrogen-bond acceptors (Lipinski definition) is 5. The van der Waals surface area contributed by atoms with Crippen LogP contribution in [0.2, 0.25) is 0 Å². The van der Waals surface area contributed by atoms with Crippen LogP contribution in [-0.4, -0.2) is 43.5 Å². The number of nitrogens with one attached hydrogen (secondary N) is 1. The Morgan fingerprint density at radius 1 is 1.40 bits per heavy atom. The second-order valence-electron chi connectivity index (χ2n) is 5.52. The molecule has 5 heteroatoms. The molecule has 0 saturated carbocycles. The first-order chi connectivity index (χ1) is 9.79. The van der Waals surface area contributed by atoms with Crippen LogP contribution in [0.15, 0.2) is 12.1 Å². The van der Waals surface area contributed by atoms with Gasteiger partial charge < -0.3 is 15.0 Å². The maximum absolute atomic E-state index is 5.52. The maximum Gasteiger partial charge on any atom is 0.150 e. The van der Waals surface area contributed by atoms with Gasteiger partial charge in [0.15, 0.2) is 5.82 Å². The monoisotopic (exact) mass is 278 g/mol. The quantitative estimate of drug-likeness (QED) is 0.771. The Morgan fingerprint density at radius 2 is 2.30 bits per heavy atom. The molecule has 0 radical (unpaired) electrons. The van der Waals surface area contributed by atoms with Crippen LogP contribution in [0, 0.1) is 5.92 Å². The molecule has 0 spiro atoms. The molecular weight excluding hydrogens is 252 g/mol. The molecule has 1 N–H and O–H groups in total. The van der Waals surface area contributed by atoms with E-state index in [2.05, 4.69) is 46.5 Å². The topological polar surface area (TPSA) is 50.3 Å². The number of nitrogens with zero attached hydrogens (tertiary/aromatic N) is 3. The molecule has 1 aromatic heterocycles. The average Bonchev–Trinajstić information content (AvgIpc) is 2.49. The van der Waals surface area contributed by atoms with E-state index in [-0.39, 0.29) is 0 Å². The Morgan fingerprint density at radius 3 is 2.95 bits per heavy atom. The van der Waals surface area contributed by atoms with Crippen molar-refractivity contribution < 1.29 is 4.74 Å². The molecule has 0 bridgehead atoms. The van der Waals surface area contributed by atoms with E-state index in [0.717, 1.165) is 50.8 Å². The second-order valence-corrected chi connectivity index (χ2v) is 5.52. The van der Waals surface area contributed by atoms with Crippen molar-refractivity contribution in [2.75, 3.05) is 38.3 Å². The maximum atomic E-state index is 5.52. The van der Waals surface area contributed by atoms with E-state index in [1.165, 1.54) is 12.8 Å². The summed E-state index contributed by atoms with van der Waals surface area (Å²) in [6.45, 7) is 6.75. The molecule has 1 aliphatic rings. The third kappa shape index (κ3) is 4.72. The lowest BCUT2D eigenvalue weighted by Gasteiger charge is -2.27. The van der Waals surface area contributed by atoms with Crippen molar-refractivity contribution in [2.24, 2.45) is 5.92 Å². The van der Waals surface area contributed by atoms with Crippen LogP contribution < -0.4 is 10.2 Å². The minimum Gasteiger partial charge on any atom is -0.381 e. The first-order valence-electron chi connectivity index (χ1n) is 7.61. The number of anilines is 1. The zero-order valence-corrected chi connectivity index (χ0v) is 12.6. The predicted molar refractivity (Wildman–Crippen MR) is 80.8 cm³/mol. The van der Waals surface area contributed by atoms with Crippen LogP contribution in [0.5, 0.6) is 0 Å². The van der Waals surface area contributed by atoms with Gasteiger partial charge in [0.25, 0.3) is 0 Å². The van der Waals surface area contributed by atoms with Crippen molar-refractivity contribution in [1.29, 1.82) is 0 Å². The summed E-state index contributed by atoms with van der Waals surface area (Å²) in [4.78, 5) is 2.18. The van der Waals surface area contributed by atoms with Crippen LogP contribution in [0.1, 0.15) is 31.9 Å². The van der Waals surface area contributed by atoms with Crippen LogP contribution in [0.3, 0.4) is 0 Å². The summed E-state index contributed by atoms with van der Waals surface area (Å²) >= 11 is 0. The Hall–Kier alpha value is -1.20. The van der Waals surface area contributed by atoms with E-state index in [1.54, 1.807) is 0 Å². The zero-order valence-electron chi connectivity index (χ0n) is 12.6. The van der Waals surface area contributed by atoms with Gasteiger partial charge in [0.05, 0.1) is 12.3 Å². The highest BCUT2D eigenvalue weighted by Crippen LogP contribution is 2.17. The largest absolute Gasteiger partial charge is 0.381 e. The van der Waals surface area contributed by atoms with Crippen molar-refractivity contribution in [3.05, 3.63) is 17.8 Å². The van der Waals surface area contributed by atoms with Gasteiger partial charge in [0, 0.05) is 26.7 Å². The number of ether oxygens (including phenoxy) is 1. The minimum atomic E-state index is 0.612. The van der Waals surface area contributed by atoms with Crippen molar-refractivity contribution in [1.82, 2.24) is 15.5 Å². The van der Waals surface area contributed by atoms with Crippen molar-refractivity contribution >= 4 is 5.82 Å². The summed E-state index contributed by atoms with van der Waals surface area (Å²) in [6.07, 6.45) is 3.56. The van der Waals surface area contributed by atoms with Gasteiger partial charge >= 0.3 is 0 Å². The zero-order chi connectivity index (χ0) is 14.2. The molecule has 0 aromatic carbocycles. The Labute approximate surface area is 121 Å². The molecule has 1 unspecified atom stereocenters. The lowest BCUT2D eigenvalue weighted by Crippen LogP contribution is -2.31. The van der Waals surface area contributed by atoms with E-state index >= 15 is 0 Å². The van der Waals surface area contributed by atoms with E-state index in [4.69, 9.17) is 4.74 Å².